The van der Waals surface area contributed by atoms with Gasteiger partial charge in [0.1, 0.15) is 5.01 Å². The monoisotopic (exact) mass is 436 g/mol. The molecule has 1 aliphatic heterocycles. The van der Waals surface area contributed by atoms with E-state index < -0.39 is 10.0 Å². The van der Waals surface area contributed by atoms with Crippen molar-refractivity contribution in [1.82, 2.24) is 14.5 Å². The first-order chi connectivity index (χ1) is 13.7. The second-order valence-corrected chi connectivity index (χ2v) is 11.1. The van der Waals surface area contributed by atoms with Gasteiger partial charge in [-0.2, -0.15) is 4.31 Å². The van der Waals surface area contributed by atoms with Gasteiger partial charge in [-0.25, -0.2) is 8.42 Å². The quantitative estimate of drug-likeness (QED) is 0.667. The van der Waals surface area contributed by atoms with Crippen molar-refractivity contribution < 1.29 is 13.2 Å². The number of Topliss-reactive ketones (excluding diaryl/α,β-unsaturated/α-hetero) is 1. The number of piperidine rings is 1. The second kappa shape index (κ2) is 8.89. The Morgan fingerprint density at radius 3 is 2.55 bits per heavy atom. The molecule has 0 bridgehead atoms. The van der Waals surface area contributed by atoms with Crippen molar-refractivity contribution in [2.24, 2.45) is 11.8 Å². The molecule has 0 spiro atoms. The molecule has 1 aromatic carbocycles. The third-order valence-corrected chi connectivity index (χ3v) is 7.97. The third kappa shape index (κ3) is 5.21. The highest BCUT2D eigenvalue weighted by atomic mass is 32.2. The number of sulfonamides is 1. The van der Waals surface area contributed by atoms with Crippen molar-refractivity contribution in [2.45, 2.75) is 44.9 Å². The molecule has 0 radical (unpaired) electrons. The fourth-order valence-electron chi connectivity index (χ4n) is 3.58. The van der Waals surface area contributed by atoms with Gasteiger partial charge >= 0.3 is 0 Å². The average molecular weight is 437 g/mol. The maximum Gasteiger partial charge on any atom is 0.243 e. The number of nitrogens with one attached hydrogen (secondary N) is 1. The van der Waals surface area contributed by atoms with Crippen molar-refractivity contribution in [3.05, 3.63) is 34.8 Å². The molecule has 0 amide bonds. The van der Waals surface area contributed by atoms with Gasteiger partial charge in [-0.1, -0.05) is 51.2 Å². The van der Waals surface area contributed by atoms with Crippen LogP contribution in [0.5, 0.6) is 0 Å². The summed E-state index contributed by atoms with van der Waals surface area (Å²) in [5.41, 5.74) is 0.366. The molecule has 1 aliphatic rings. The summed E-state index contributed by atoms with van der Waals surface area (Å²) in [5, 5.41) is 12.6. The van der Waals surface area contributed by atoms with Gasteiger partial charge in [0.05, 0.1) is 11.4 Å². The van der Waals surface area contributed by atoms with Crippen LogP contribution in [-0.4, -0.2) is 48.3 Å². The average Bonchev–Trinajstić information content (AvgIpc) is 3.15. The maximum atomic E-state index is 13.1. The van der Waals surface area contributed by atoms with Gasteiger partial charge in [-0.3, -0.25) is 4.79 Å². The van der Waals surface area contributed by atoms with Crippen LogP contribution in [0.1, 0.15) is 55.4 Å². The Kier molecular flexibility index (Phi) is 6.70. The first-order valence-electron chi connectivity index (χ1n) is 9.87. The Labute approximate surface area is 176 Å². The van der Waals surface area contributed by atoms with Gasteiger partial charge in [0.25, 0.3) is 0 Å². The molecule has 29 heavy (non-hydrogen) atoms. The van der Waals surface area contributed by atoms with E-state index in [1.807, 2.05) is 13.8 Å². The van der Waals surface area contributed by atoms with Crippen LogP contribution in [0.15, 0.2) is 29.2 Å². The number of carbonyl (C=O) groups is 1. The number of nitrogens with zero attached hydrogens (tertiary/aromatic N) is 3. The van der Waals surface area contributed by atoms with Crippen molar-refractivity contribution in [3.63, 3.8) is 0 Å². The molecule has 2 aromatic rings. The lowest BCUT2D eigenvalue weighted by atomic mass is 9.94. The number of hydrogen-bond acceptors (Lipinski definition) is 7. The molecule has 2 heterocycles. The van der Waals surface area contributed by atoms with E-state index >= 15 is 0 Å². The summed E-state index contributed by atoms with van der Waals surface area (Å²) in [6.07, 6.45) is 1.03. The van der Waals surface area contributed by atoms with Crippen LogP contribution in [0, 0.1) is 11.8 Å². The Balaban J connectivity index is 1.71. The topological polar surface area (TPSA) is 92.3 Å². The minimum atomic E-state index is -3.62. The number of rotatable bonds is 7. The van der Waals surface area contributed by atoms with Gasteiger partial charge < -0.3 is 5.32 Å². The first kappa shape index (κ1) is 21.9. The van der Waals surface area contributed by atoms with E-state index in [2.05, 4.69) is 29.4 Å². The normalized spacial score (nSPS) is 20.7. The summed E-state index contributed by atoms with van der Waals surface area (Å²) in [7, 11) is -3.62. The summed E-state index contributed by atoms with van der Waals surface area (Å²) in [5.74, 6) is 0.736. The van der Waals surface area contributed by atoms with E-state index in [9.17, 15) is 13.2 Å². The zero-order valence-corrected chi connectivity index (χ0v) is 18.9. The van der Waals surface area contributed by atoms with Gasteiger partial charge in [0.15, 0.2) is 5.78 Å². The van der Waals surface area contributed by atoms with Gasteiger partial charge in [0, 0.05) is 24.6 Å². The Hall–Kier alpha value is -1.84. The van der Waals surface area contributed by atoms with Crippen molar-refractivity contribution in [1.29, 1.82) is 0 Å². The highest BCUT2D eigenvalue weighted by Crippen LogP contribution is 2.27. The van der Waals surface area contributed by atoms with Crippen LogP contribution < -0.4 is 5.32 Å². The zero-order valence-electron chi connectivity index (χ0n) is 17.3. The van der Waals surface area contributed by atoms with E-state index in [4.69, 9.17) is 0 Å². The number of aromatic nitrogens is 2. The van der Waals surface area contributed by atoms with Crippen molar-refractivity contribution in [2.75, 3.05) is 25.0 Å². The SMILES string of the molecule is CC1CC(C)CN(S(=O)(=O)c2cccc(C(=O)CNc3nnc(C(C)C)s3)c2)C1. The van der Waals surface area contributed by atoms with Crippen LogP contribution in [0.2, 0.25) is 0 Å². The minimum Gasteiger partial charge on any atom is -0.353 e. The van der Waals surface area contributed by atoms with Gasteiger partial charge in [-0.15, -0.1) is 10.2 Å². The standard InChI is InChI=1S/C20H28N4O3S2/c1-13(2)19-22-23-20(28-19)21-10-18(25)16-6-5-7-17(9-16)29(26,27)24-11-14(3)8-15(4)12-24/h5-7,9,13-15H,8,10-12H2,1-4H3,(H,21,23). The Bertz CT molecular complexity index is 962. The molecule has 0 aliphatic carbocycles. The summed E-state index contributed by atoms with van der Waals surface area (Å²) < 4.78 is 27.7. The van der Waals surface area contributed by atoms with E-state index in [1.165, 1.54) is 17.4 Å². The van der Waals surface area contributed by atoms with Crippen LogP contribution in [-0.2, 0) is 10.0 Å². The summed E-state index contributed by atoms with van der Waals surface area (Å²) in [6.45, 7) is 9.28. The molecule has 1 fully saturated rings. The van der Waals surface area contributed by atoms with E-state index in [-0.39, 0.29) is 23.1 Å². The lowest BCUT2D eigenvalue weighted by molar-refractivity contribution is 0.101. The molecule has 1 saturated heterocycles. The Morgan fingerprint density at radius 1 is 1.24 bits per heavy atom. The number of hydrogen-bond donors (Lipinski definition) is 1. The molecule has 7 nitrogen and oxygen atoms in total. The van der Waals surface area contributed by atoms with Crippen molar-refractivity contribution in [3.8, 4) is 0 Å². The first-order valence-corrected chi connectivity index (χ1v) is 12.1. The highest BCUT2D eigenvalue weighted by molar-refractivity contribution is 7.89. The smallest absolute Gasteiger partial charge is 0.243 e. The molecule has 2 atom stereocenters. The number of carbonyl (C=O) groups excluding carboxylic acids is 1. The van der Waals surface area contributed by atoms with E-state index in [1.54, 1.807) is 22.5 Å². The second-order valence-electron chi connectivity index (χ2n) is 8.17. The molecular weight excluding hydrogens is 408 g/mol. The molecule has 1 N–H and O–H groups in total. The summed E-state index contributed by atoms with van der Waals surface area (Å²) in [6, 6.07) is 6.30. The molecule has 158 valence electrons. The highest BCUT2D eigenvalue weighted by Gasteiger charge is 2.31. The summed E-state index contributed by atoms with van der Waals surface area (Å²) >= 11 is 1.42. The van der Waals surface area contributed by atoms with Crippen LogP contribution in [0.3, 0.4) is 0 Å². The lowest BCUT2D eigenvalue weighted by Crippen LogP contribution is -2.42. The van der Waals surface area contributed by atoms with Gasteiger partial charge in [-0.05, 0) is 30.4 Å². The van der Waals surface area contributed by atoms with Crippen LogP contribution in [0.25, 0.3) is 0 Å². The molecule has 3 rings (SSSR count). The largest absolute Gasteiger partial charge is 0.353 e. The molecular formula is C20H28N4O3S2. The number of ketones is 1. The number of anilines is 1. The molecule has 9 heteroatoms. The zero-order chi connectivity index (χ0) is 21.2. The third-order valence-electron chi connectivity index (χ3n) is 4.96. The van der Waals surface area contributed by atoms with E-state index in [0.717, 1.165) is 11.4 Å². The molecule has 1 aromatic heterocycles. The fraction of sp³-hybridized carbons (Fsp3) is 0.550. The van der Waals surface area contributed by atoms with Crippen LogP contribution in [0.4, 0.5) is 5.13 Å². The predicted molar refractivity (Wildman–Crippen MR) is 115 cm³/mol. The maximum absolute atomic E-state index is 13.1. The molecule has 0 saturated carbocycles. The molecule has 2 unspecified atom stereocenters. The van der Waals surface area contributed by atoms with Crippen molar-refractivity contribution >= 4 is 32.3 Å². The van der Waals surface area contributed by atoms with E-state index in [0.29, 0.717) is 35.6 Å². The van der Waals surface area contributed by atoms with Gasteiger partial charge in [0.2, 0.25) is 15.2 Å². The predicted octanol–water partition coefficient (Wildman–Crippen LogP) is 3.62. The lowest BCUT2D eigenvalue weighted by Gasteiger charge is -2.34. The van der Waals surface area contributed by atoms with Crippen LogP contribution >= 0.6 is 11.3 Å². The Morgan fingerprint density at radius 2 is 1.93 bits per heavy atom. The summed E-state index contributed by atoms with van der Waals surface area (Å²) in [4.78, 5) is 12.8. The fourth-order valence-corrected chi connectivity index (χ4v) is 6.05. The number of benzene rings is 1. The minimum absolute atomic E-state index is 0.0357.